The van der Waals surface area contributed by atoms with Crippen LogP contribution in [-0.2, 0) is 5.41 Å². The third-order valence-corrected chi connectivity index (χ3v) is 5.71. The van der Waals surface area contributed by atoms with Crippen molar-refractivity contribution in [2.75, 3.05) is 13.6 Å². The predicted molar refractivity (Wildman–Crippen MR) is 91.3 cm³/mol. The van der Waals surface area contributed by atoms with Gasteiger partial charge < -0.3 is 15.4 Å². The van der Waals surface area contributed by atoms with Gasteiger partial charge in [0.1, 0.15) is 5.75 Å². The maximum Gasteiger partial charge on any atom is 0.119 e. The minimum Gasteiger partial charge on any atom is -0.491 e. The molecule has 0 spiro atoms. The number of hydrogen-bond acceptors (Lipinski definition) is 3. The Labute approximate surface area is 134 Å². The average Bonchev–Trinajstić information content (AvgIpc) is 2.44. The number of hydrogen-bond donors (Lipinski definition) is 1. The van der Waals surface area contributed by atoms with E-state index in [1.54, 1.807) is 0 Å². The van der Waals surface area contributed by atoms with Crippen molar-refractivity contribution in [2.24, 2.45) is 11.7 Å². The topological polar surface area (TPSA) is 38.5 Å². The lowest BCUT2D eigenvalue weighted by molar-refractivity contribution is 0.0182. The molecule has 0 aromatic heterocycles. The molecule has 2 fully saturated rings. The second-order valence-corrected chi connectivity index (χ2v) is 7.75. The summed E-state index contributed by atoms with van der Waals surface area (Å²) < 4.78 is 5.92. The van der Waals surface area contributed by atoms with Gasteiger partial charge in [-0.15, -0.1) is 0 Å². The van der Waals surface area contributed by atoms with E-state index in [1.807, 2.05) is 0 Å². The van der Waals surface area contributed by atoms with E-state index in [0.29, 0.717) is 18.0 Å². The largest absolute Gasteiger partial charge is 0.491 e. The maximum atomic E-state index is 6.43. The van der Waals surface area contributed by atoms with Gasteiger partial charge in [-0.25, -0.2) is 0 Å². The molecule has 2 bridgehead atoms. The van der Waals surface area contributed by atoms with Crippen molar-refractivity contribution >= 4 is 0 Å². The number of likely N-dealkylation sites (tertiary alicyclic amines) is 1. The van der Waals surface area contributed by atoms with Crippen molar-refractivity contribution in [3.63, 3.8) is 0 Å². The van der Waals surface area contributed by atoms with E-state index in [0.717, 1.165) is 25.1 Å². The predicted octanol–water partition coefficient (Wildman–Crippen LogP) is 3.17. The number of benzene rings is 1. The summed E-state index contributed by atoms with van der Waals surface area (Å²) in [6.45, 7) is 7.71. The van der Waals surface area contributed by atoms with Crippen molar-refractivity contribution < 1.29 is 4.74 Å². The van der Waals surface area contributed by atoms with E-state index in [2.05, 4.69) is 57.0 Å². The second kappa shape index (κ2) is 5.86. The monoisotopic (exact) mass is 302 g/mol. The van der Waals surface area contributed by atoms with Gasteiger partial charge in [-0.05, 0) is 63.8 Å². The number of nitrogens with zero attached hydrogens (tertiary/aromatic N) is 1. The standard InChI is InChI=1S/C19H30N2O/c1-13(2)22-18-7-5-6-15(8-18)19-10-16(20)9-17(11-19)21(4)12-14(19)3/h5-8,13-14,16-17H,9-12,20H2,1-4H3/t14-,16+,17+,19+/m1/s1. The molecule has 3 nitrogen and oxygen atoms in total. The summed E-state index contributed by atoms with van der Waals surface area (Å²) in [5.74, 6) is 1.61. The Hall–Kier alpha value is -1.06. The van der Waals surface area contributed by atoms with Gasteiger partial charge in [0.05, 0.1) is 6.10 Å². The molecule has 1 saturated carbocycles. The van der Waals surface area contributed by atoms with E-state index >= 15 is 0 Å². The molecular weight excluding hydrogens is 272 g/mol. The molecule has 1 aliphatic carbocycles. The first-order valence-corrected chi connectivity index (χ1v) is 8.64. The molecule has 122 valence electrons. The van der Waals surface area contributed by atoms with Crippen molar-refractivity contribution in [3.05, 3.63) is 29.8 Å². The molecule has 1 aromatic carbocycles. The van der Waals surface area contributed by atoms with Gasteiger partial charge >= 0.3 is 0 Å². The fourth-order valence-corrected chi connectivity index (χ4v) is 4.65. The molecular formula is C19H30N2O. The van der Waals surface area contributed by atoms with Crippen LogP contribution in [0.1, 0.15) is 45.6 Å². The van der Waals surface area contributed by atoms with Gasteiger partial charge in [-0.3, -0.25) is 0 Å². The van der Waals surface area contributed by atoms with E-state index < -0.39 is 0 Å². The summed E-state index contributed by atoms with van der Waals surface area (Å²) in [7, 11) is 2.25. The number of rotatable bonds is 3. The number of ether oxygens (including phenoxy) is 1. The molecule has 1 heterocycles. The molecule has 22 heavy (non-hydrogen) atoms. The van der Waals surface area contributed by atoms with Crippen LogP contribution in [0.5, 0.6) is 5.75 Å². The Kier molecular flexibility index (Phi) is 4.21. The molecule has 1 aliphatic heterocycles. The van der Waals surface area contributed by atoms with Crippen LogP contribution in [0, 0.1) is 5.92 Å². The fraction of sp³-hybridized carbons (Fsp3) is 0.684. The molecule has 4 atom stereocenters. The third kappa shape index (κ3) is 2.77. The van der Waals surface area contributed by atoms with Gasteiger partial charge in [0.15, 0.2) is 0 Å². The number of fused-ring (bicyclic) bond motifs is 2. The van der Waals surface area contributed by atoms with E-state index in [1.165, 1.54) is 12.0 Å². The SMILES string of the molecule is CC(C)Oc1cccc([C@@]23C[C@@H](N)C[C@@H](C2)N(C)C[C@H]3C)c1. The van der Waals surface area contributed by atoms with Gasteiger partial charge in [0, 0.05) is 24.0 Å². The van der Waals surface area contributed by atoms with Gasteiger partial charge in [-0.1, -0.05) is 19.1 Å². The lowest BCUT2D eigenvalue weighted by atomic mass is 9.58. The summed E-state index contributed by atoms with van der Waals surface area (Å²) in [6.07, 6.45) is 3.67. The molecule has 3 rings (SSSR count). The maximum absolute atomic E-state index is 6.43. The second-order valence-electron chi connectivity index (χ2n) is 7.75. The van der Waals surface area contributed by atoms with Gasteiger partial charge in [-0.2, -0.15) is 0 Å². The van der Waals surface area contributed by atoms with Crippen LogP contribution in [0.25, 0.3) is 0 Å². The lowest BCUT2D eigenvalue weighted by Gasteiger charge is -2.55. The fourth-order valence-electron chi connectivity index (χ4n) is 4.65. The Morgan fingerprint density at radius 1 is 1.32 bits per heavy atom. The van der Waals surface area contributed by atoms with Crippen molar-refractivity contribution in [1.29, 1.82) is 0 Å². The first-order chi connectivity index (χ1) is 10.4. The zero-order valence-electron chi connectivity index (χ0n) is 14.4. The van der Waals surface area contributed by atoms with Crippen molar-refractivity contribution in [3.8, 4) is 5.75 Å². The average molecular weight is 302 g/mol. The first kappa shape index (κ1) is 15.8. The summed E-state index contributed by atoms with van der Waals surface area (Å²) in [5.41, 5.74) is 8.07. The highest BCUT2D eigenvalue weighted by molar-refractivity contribution is 5.36. The molecule has 0 amide bonds. The van der Waals surface area contributed by atoms with Crippen LogP contribution >= 0.6 is 0 Å². The molecule has 2 N–H and O–H groups in total. The zero-order chi connectivity index (χ0) is 15.9. The first-order valence-electron chi connectivity index (χ1n) is 8.64. The van der Waals surface area contributed by atoms with Crippen molar-refractivity contribution in [1.82, 2.24) is 4.90 Å². The van der Waals surface area contributed by atoms with Crippen LogP contribution < -0.4 is 10.5 Å². The van der Waals surface area contributed by atoms with Crippen LogP contribution in [0.15, 0.2) is 24.3 Å². The minimum atomic E-state index is 0.212. The quantitative estimate of drug-likeness (QED) is 0.932. The van der Waals surface area contributed by atoms with Crippen LogP contribution in [0.3, 0.4) is 0 Å². The van der Waals surface area contributed by atoms with E-state index in [-0.39, 0.29) is 11.5 Å². The molecule has 1 aromatic rings. The normalized spacial score (nSPS) is 35.6. The zero-order valence-corrected chi connectivity index (χ0v) is 14.4. The summed E-state index contributed by atoms with van der Waals surface area (Å²) >= 11 is 0. The Balaban J connectivity index is 1.97. The number of piperidine rings is 1. The Morgan fingerprint density at radius 3 is 2.82 bits per heavy atom. The number of nitrogens with two attached hydrogens (primary N) is 1. The smallest absolute Gasteiger partial charge is 0.119 e. The molecule has 0 unspecified atom stereocenters. The van der Waals surface area contributed by atoms with Gasteiger partial charge in [0.25, 0.3) is 0 Å². The minimum absolute atomic E-state index is 0.212. The molecule has 2 aliphatic rings. The molecule has 0 radical (unpaired) electrons. The summed E-state index contributed by atoms with van der Waals surface area (Å²) in [5, 5.41) is 0. The lowest BCUT2D eigenvalue weighted by Crippen LogP contribution is -2.59. The van der Waals surface area contributed by atoms with Gasteiger partial charge in [0.2, 0.25) is 0 Å². The van der Waals surface area contributed by atoms with Crippen molar-refractivity contribution in [2.45, 2.75) is 63.6 Å². The van der Waals surface area contributed by atoms with E-state index in [4.69, 9.17) is 10.5 Å². The molecule has 1 saturated heterocycles. The van der Waals surface area contributed by atoms with Crippen LogP contribution in [-0.4, -0.2) is 36.7 Å². The highest BCUT2D eigenvalue weighted by atomic mass is 16.5. The highest BCUT2D eigenvalue weighted by Gasteiger charge is 2.49. The Morgan fingerprint density at radius 2 is 2.09 bits per heavy atom. The summed E-state index contributed by atoms with van der Waals surface area (Å²) in [4.78, 5) is 2.51. The van der Waals surface area contributed by atoms with Crippen LogP contribution in [0.2, 0.25) is 0 Å². The third-order valence-electron chi connectivity index (χ3n) is 5.71. The Bertz CT molecular complexity index is 530. The van der Waals surface area contributed by atoms with E-state index in [9.17, 15) is 0 Å². The van der Waals surface area contributed by atoms with Crippen LogP contribution in [0.4, 0.5) is 0 Å². The summed E-state index contributed by atoms with van der Waals surface area (Å²) in [6, 6.07) is 9.68. The molecule has 3 heteroatoms. The highest BCUT2D eigenvalue weighted by Crippen LogP contribution is 2.49.